The van der Waals surface area contributed by atoms with Crippen molar-refractivity contribution in [2.75, 3.05) is 33.4 Å². The van der Waals surface area contributed by atoms with Gasteiger partial charge in [0.2, 0.25) is 0 Å². The normalized spacial score (nSPS) is 16.5. The Hall–Kier alpha value is -1.99. The summed E-state index contributed by atoms with van der Waals surface area (Å²) in [4.78, 5) is 15.9. The van der Waals surface area contributed by atoms with Gasteiger partial charge in [0.25, 0.3) is 5.91 Å². The lowest BCUT2D eigenvalue weighted by Gasteiger charge is -2.26. The Kier molecular flexibility index (Phi) is 3.97. The summed E-state index contributed by atoms with van der Waals surface area (Å²) in [6, 6.07) is 6.04. The molecule has 1 aromatic heterocycles. The first-order valence-electron chi connectivity index (χ1n) is 7.93. The van der Waals surface area contributed by atoms with Crippen molar-refractivity contribution < 1.29 is 14.3 Å². The molecule has 1 aromatic carbocycles. The van der Waals surface area contributed by atoms with Gasteiger partial charge < -0.3 is 14.4 Å². The number of methoxy groups -OCH3 is 1. The third kappa shape index (κ3) is 2.48. The van der Waals surface area contributed by atoms with Crippen molar-refractivity contribution in [3.63, 3.8) is 0 Å². The number of fused-ring (bicyclic) bond motifs is 3. The molecule has 0 N–H and O–H groups in total. The Morgan fingerprint density at radius 3 is 2.88 bits per heavy atom. The zero-order valence-electron chi connectivity index (χ0n) is 13.7. The van der Waals surface area contributed by atoms with Gasteiger partial charge in [-0.1, -0.05) is 0 Å². The summed E-state index contributed by atoms with van der Waals surface area (Å²) in [5.74, 6) is 1.60. The fourth-order valence-corrected chi connectivity index (χ4v) is 4.32. The molecule has 0 saturated carbocycles. The van der Waals surface area contributed by atoms with Gasteiger partial charge in [-0.05, 0) is 18.2 Å². The van der Waals surface area contributed by atoms with Crippen molar-refractivity contribution in [3.8, 4) is 17.0 Å². The number of aryl methyl sites for hydroxylation is 1. The molecule has 24 heavy (non-hydrogen) atoms. The van der Waals surface area contributed by atoms with Gasteiger partial charge >= 0.3 is 0 Å². The van der Waals surface area contributed by atoms with Gasteiger partial charge in [0.05, 0.1) is 26.0 Å². The summed E-state index contributed by atoms with van der Waals surface area (Å²) in [6.07, 6.45) is 0. The average molecular weight is 345 g/mol. The van der Waals surface area contributed by atoms with E-state index in [9.17, 15) is 4.79 Å². The number of nitrogens with zero attached hydrogens (tertiary/aromatic N) is 3. The zero-order chi connectivity index (χ0) is 16.7. The summed E-state index contributed by atoms with van der Waals surface area (Å²) in [6.45, 7) is 2.45. The lowest BCUT2D eigenvalue weighted by molar-refractivity contribution is 0.0298. The average Bonchev–Trinajstić information content (AvgIpc) is 2.98. The molecular weight excluding hydrogens is 326 g/mol. The molecule has 4 rings (SSSR count). The lowest BCUT2D eigenvalue weighted by atomic mass is 10.0. The summed E-state index contributed by atoms with van der Waals surface area (Å²) in [7, 11) is 3.57. The van der Waals surface area contributed by atoms with Gasteiger partial charge in [-0.25, -0.2) is 0 Å². The minimum absolute atomic E-state index is 0.00714. The number of morpholine rings is 1. The van der Waals surface area contributed by atoms with Crippen LogP contribution >= 0.6 is 11.8 Å². The Morgan fingerprint density at radius 1 is 1.33 bits per heavy atom. The van der Waals surface area contributed by atoms with Gasteiger partial charge in [-0.3, -0.25) is 9.48 Å². The molecule has 2 aliphatic rings. The highest BCUT2D eigenvalue weighted by atomic mass is 32.2. The quantitative estimate of drug-likeness (QED) is 0.835. The van der Waals surface area contributed by atoms with Crippen molar-refractivity contribution >= 4 is 17.7 Å². The van der Waals surface area contributed by atoms with Crippen molar-refractivity contribution in [2.24, 2.45) is 7.05 Å². The van der Waals surface area contributed by atoms with E-state index in [1.807, 2.05) is 34.8 Å². The van der Waals surface area contributed by atoms with E-state index >= 15 is 0 Å². The number of rotatable bonds is 2. The number of benzene rings is 1. The summed E-state index contributed by atoms with van der Waals surface area (Å²) >= 11 is 1.72. The first-order valence-corrected chi connectivity index (χ1v) is 8.91. The van der Waals surface area contributed by atoms with Crippen LogP contribution in [0.3, 0.4) is 0 Å². The fraction of sp³-hybridized carbons (Fsp3) is 0.412. The number of hydrogen-bond donors (Lipinski definition) is 0. The van der Waals surface area contributed by atoms with Crippen LogP contribution in [0.2, 0.25) is 0 Å². The highest BCUT2D eigenvalue weighted by molar-refractivity contribution is 7.98. The highest BCUT2D eigenvalue weighted by Crippen LogP contribution is 2.44. The number of hydrogen-bond acceptors (Lipinski definition) is 5. The smallest absolute Gasteiger partial charge is 0.274 e. The largest absolute Gasteiger partial charge is 0.497 e. The Bertz CT molecular complexity index is 797. The number of aromatic nitrogens is 2. The molecule has 0 unspecified atom stereocenters. The molecule has 6 nitrogen and oxygen atoms in total. The number of carbonyl (C=O) groups is 1. The van der Waals surface area contributed by atoms with Crippen LogP contribution in [0.5, 0.6) is 5.75 Å². The molecule has 0 radical (unpaired) electrons. The standard InChI is InChI=1S/C17H19N3O3S/c1-19-16-12-4-3-11(22-2)9-14(12)24-10-13(16)15(18-19)17(21)20-5-7-23-8-6-20/h3-4,9H,5-8,10H2,1-2H3. The summed E-state index contributed by atoms with van der Waals surface area (Å²) in [5, 5.41) is 4.55. The van der Waals surface area contributed by atoms with Crippen molar-refractivity contribution in [3.05, 3.63) is 29.5 Å². The van der Waals surface area contributed by atoms with E-state index in [0.29, 0.717) is 32.0 Å². The molecule has 0 spiro atoms. The van der Waals surface area contributed by atoms with Gasteiger partial charge in [0.15, 0.2) is 5.69 Å². The minimum Gasteiger partial charge on any atom is -0.497 e. The van der Waals surface area contributed by atoms with Crippen LogP contribution in [0.4, 0.5) is 0 Å². The van der Waals surface area contributed by atoms with Crippen molar-refractivity contribution in [1.29, 1.82) is 0 Å². The van der Waals surface area contributed by atoms with Crippen molar-refractivity contribution in [1.82, 2.24) is 14.7 Å². The van der Waals surface area contributed by atoms with E-state index in [-0.39, 0.29) is 5.91 Å². The Labute approximate surface area is 144 Å². The number of ether oxygens (including phenoxy) is 2. The second-order valence-electron chi connectivity index (χ2n) is 5.85. The number of amides is 1. The van der Waals surface area contributed by atoms with Crippen LogP contribution in [0.1, 0.15) is 16.1 Å². The van der Waals surface area contributed by atoms with Gasteiger partial charge in [0, 0.05) is 41.9 Å². The number of carbonyl (C=O) groups excluding carboxylic acids is 1. The fourth-order valence-electron chi connectivity index (χ4n) is 3.22. The van der Waals surface area contributed by atoms with E-state index in [1.54, 1.807) is 18.9 Å². The predicted molar refractivity (Wildman–Crippen MR) is 91.5 cm³/mol. The van der Waals surface area contributed by atoms with E-state index in [4.69, 9.17) is 9.47 Å². The van der Waals surface area contributed by atoms with Gasteiger partial charge in [-0.2, -0.15) is 5.10 Å². The first-order chi connectivity index (χ1) is 11.7. The predicted octanol–water partition coefficient (Wildman–Crippen LogP) is 2.17. The molecule has 1 amide bonds. The molecule has 0 aliphatic carbocycles. The second kappa shape index (κ2) is 6.14. The molecule has 2 aliphatic heterocycles. The molecule has 1 fully saturated rings. The SMILES string of the molecule is COc1ccc2c(c1)SCc1c(C(=O)N3CCOCC3)nn(C)c1-2. The molecule has 2 aromatic rings. The third-order valence-corrected chi connectivity index (χ3v) is 5.54. The van der Waals surface area contributed by atoms with Crippen LogP contribution in [0.15, 0.2) is 23.1 Å². The van der Waals surface area contributed by atoms with Crippen LogP contribution < -0.4 is 4.74 Å². The second-order valence-corrected chi connectivity index (χ2v) is 6.87. The van der Waals surface area contributed by atoms with E-state index < -0.39 is 0 Å². The topological polar surface area (TPSA) is 56.6 Å². The maximum atomic E-state index is 12.9. The molecule has 0 bridgehead atoms. The molecular formula is C17H19N3O3S. The highest BCUT2D eigenvalue weighted by Gasteiger charge is 2.30. The van der Waals surface area contributed by atoms with Crippen LogP contribution in [-0.2, 0) is 17.5 Å². The summed E-state index contributed by atoms with van der Waals surface area (Å²) in [5.41, 5.74) is 3.74. The van der Waals surface area contributed by atoms with Gasteiger partial charge in [-0.15, -0.1) is 11.8 Å². The Morgan fingerprint density at radius 2 is 2.12 bits per heavy atom. The Balaban J connectivity index is 1.74. The van der Waals surface area contributed by atoms with Crippen molar-refractivity contribution in [2.45, 2.75) is 10.6 Å². The zero-order valence-corrected chi connectivity index (χ0v) is 14.6. The first kappa shape index (κ1) is 15.5. The van der Waals surface area contributed by atoms with Crippen LogP contribution in [-0.4, -0.2) is 54.0 Å². The monoisotopic (exact) mass is 345 g/mol. The molecule has 1 saturated heterocycles. The number of thioether (sulfide) groups is 1. The van der Waals surface area contributed by atoms with Gasteiger partial charge in [0.1, 0.15) is 5.75 Å². The molecule has 7 heteroatoms. The molecule has 3 heterocycles. The van der Waals surface area contributed by atoms with E-state index in [2.05, 4.69) is 5.10 Å². The van der Waals surface area contributed by atoms with E-state index in [1.165, 1.54) is 0 Å². The summed E-state index contributed by atoms with van der Waals surface area (Å²) < 4.78 is 12.5. The maximum Gasteiger partial charge on any atom is 0.274 e. The lowest BCUT2D eigenvalue weighted by Crippen LogP contribution is -2.41. The molecule has 126 valence electrons. The molecule has 0 atom stereocenters. The van der Waals surface area contributed by atoms with Crippen LogP contribution in [0.25, 0.3) is 11.3 Å². The maximum absolute atomic E-state index is 12.9. The minimum atomic E-state index is 0.00714. The van der Waals surface area contributed by atoms with E-state index in [0.717, 1.165) is 33.2 Å². The third-order valence-electron chi connectivity index (χ3n) is 4.46. The van der Waals surface area contributed by atoms with Crippen LogP contribution in [0, 0.1) is 0 Å².